The number of benzene rings is 3. The first-order valence-corrected chi connectivity index (χ1v) is 11.0. The Hall–Kier alpha value is -4.56. The van der Waals surface area contributed by atoms with Crippen LogP contribution in [0.5, 0.6) is 17.5 Å². The van der Waals surface area contributed by atoms with Crippen molar-refractivity contribution in [2.75, 3.05) is 0 Å². The minimum Gasteiger partial charge on any atom is -0.473 e. The Kier molecular flexibility index (Phi) is 6.19. The molecule has 0 bridgehead atoms. The quantitative estimate of drug-likeness (QED) is 0.261. The van der Waals surface area contributed by atoms with Gasteiger partial charge in [0.05, 0.1) is 11.0 Å². The van der Waals surface area contributed by atoms with Crippen molar-refractivity contribution in [3.8, 4) is 23.2 Å². The summed E-state index contributed by atoms with van der Waals surface area (Å²) in [6.07, 6.45) is 0. The molecule has 0 unspecified atom stereocenters. The average molecular weight is 469 g/mol. The van der Waals surface area contributed by atoms with E-state index in [1.807, 2.05) is 60.7 Å². The van der Waals surface area contributed by atoms with Gasteiger partial charge in [-0.25, -0.2) is 10.1 Å². The van der Waals surface area contributed by atoms with Crippen LogP contribution in [0, 0.1) is 0 Å². The first-order valence-electron chi connectivity index (χ1n) is 11.0. The van der Waals surface area contributed by atoms with Crippen LogP contribution in [0.2, 0.25) is 0 Å². The predicted octanol–water partition coefficient (Wildman–Crippen LogP) is 4.73. The number of rotatable bonds is 8. The Morgan fingerprint density at radius 1 is 0.800 bits per heavy atom. The summed E-state index contributed by atoms with van der Waals surface area (Å²) >= 11 is 0. The van der Waals surface area contributed by atoms with Gasteiger partial charge in [0.15, 0.2) is 5.75 Å². The van der Waals surface area contributed by atoms with Crippen molar-refractivity contribution in [1.82, 2.24) is 14.1 Å². The first-order chi connectivity index (χ1) is 17.1. The van der Waals surface area contributed by atoms with Crippen LogP contribution in [-0.2, 0) is 20.3 Å². The molecule has 0 amide bonds. The maximum absolute atomic E-state index is 13.2. The maximum Gasteiger partial charge on any atom is 0.333 e. The van der Waals surface area contributed by atoms with Crippen molar-refractivity contribution in [2.24, 2.45) is 7.05 Å². The summed E-state index contributed by atoms with van der Waals surface area (Å²) in [5.74, 6) is 0.870. The molecule has 5 rings (SSSR count). The molecular formula is C27H23N3O5. The van der Waals surface area contributed by atoms with Crippen molar-refractivity contribution in [3.05, 3.63) is 113 Å². The lowest BCUT2D eigenvalue weighted by molar-refractivity contribution is -0.137. The van der Waals surface area contributed by atoms with Crippen molar-refractivity contribution >= 4 is 11.0 Å². The second kappa shape index (κ2) is 9.74. The summed E-state index contributed by atoms with van der Waals surface area (Å²) in [7, 11) is 1.65. The molecule has 0 atom stereocenters. The average Bonchev–Trinajstić information content (AvgIpc) is 3.16. The van der Waals surface area contributed by atoms with Crippen molar-refractivity contribution in [2.45, 2.75) is 13.2 Å². The summed E-state index contributed by atoms with van der Waals surface area (Å²) in [4.78, 5) is 22.2. The number of aryl methyl sites for hydroxylation is 1. The van der Waals surface area contributed by atoms with Gasteiger partial charge in [-0.3, -0.25) is 9.13 Å². The molecule has 0 saturated heterocycles. The van der Waals surface area contributed by atoms with Crippen LogP contribution in [0.25, 0.3) is 16.7 Å². The number of hydrogen-bond acceptors (Lipinski definition) is 6. The molecule has 0 spiro atoms. The second-order valence-electron chi connectivity index (χ2n) is 7.94. The second-order valence-corrected chi connectivity index (χ2v) is 7.94. The fraction of sp³-hybridized carbons (Fsp3) is 0.111. The molecule has 0 saturated carbocycles. The van der Waals surface area contributed by atoms with Gasteiger partial charge in [0.25, 0.3) is 0 Å². The standard InChI is InChI=1S/C27H23N3O5/c1-29-24-16-21(35-32)12-13-22(24)30(27(29)31)23-14-15-25(33-17-19-8-4-2-5-9-19)28-26(23)34-18-20-10-6-3-7-11-20/h2-16,32H,17-18H2,1H3. The van der Waals surface area contributed by atoms with Crippen molar-refractivity contribution in [1.29, 1.82) is 0 Å². The molecule has 35 heavy (non-hydrogen) atoms. The molecule has 8 nitrogen and oxygen atoms in total. The van der Waals surface area contributed by atoms with Crippen LogP contribution < -0.4 is 20.1 Å². The molecule has 3 aromatic carbocycles. The summed E-state index contributed by atoms with van der Waals surface area (Å²) in [5.41, 5.74) is 3.35. The lowest BCUT2D eigenvalue weighted by atomic mass is 10.2. The topological polar surface area (TPSA) is 87.7 Å². The van der Waals surface area contributed by atoms with E-state index in [9.17, 15) is 4.79 Å². The molecule has 0 aliphatic rings. The van der Waals surface area contributed by atoms with E-state index < -0.39 is 0 Å². The highest BCUT2D eigenvalue weighted by molar-refractivity contribution is 5.80. The summed E-state index contributed by atoms with van der Waals surface area (Å²) < 4.78 is 15.0. The summed E-state index contributed by atoms with van der Waals surface area (Å²) in [5, 5.41) is 9.03. The number of aromatic nitrogens is 3. The van der Waals surface area contributed by atoms with Gasteiger partial charge in [0.2, 0.25) is 11.8 Å². The summed E-state index contributed by atoms with van der Waals surface area (Å²) in [6.45, 7) is 0.620. The van der Waals surface area contributed by atoms with E-state index in [1.54, 1.807) is 37.4 Å². The van der Waals surface area contributed by atoms with Gasteiger partial charge in [0, 0.05) is 19.2 Å². The van der Waals surface area contributed by atoms with E-state index in [0.29, 0.717) is 29.2 Å². The lowest BCUT2D eigenvalue weighted by Gasteiger charge is -2.14. The molecule has 0 fully saturated rings. The Bertz CT molecular complexity index is 1510. The largest absolute Gasteiger partial charge is 0.473 e. The van der Waals surface area contributed by atoms with Crippen LogP contribution in [0.4, 0.5) is 0 Å². The molecular weight excluding hydrogens is 446 g/mol. The van der Waals surface area contributed by atoms with Gasteiger partial charge in [-0.15, -0.1) is 0 Å². The third kappa shape index (κ3) is 4.60. The zero-order valence-electron chi connectivity index (χ0n) is 19.0. The highest BCUT2D eigenvalue weighted by atomic mass is 17.1. The van der Waals surface area contributed by atoms with E-state index in [1.165, 1.54) is 9.13 Å². The lowest BCUT2D eigenvalue weighted by Crippen LogP contribution is -2.21. The van der Waals surface area contributed by atoms with Gasteiger partial charge in [-0.05, 0) is 29.3 Å². The Balaban J connectivity index is 1.55. The van der Waals surface area contributed by atoms with E-state index >= 15 is 0 Å². The Morgan fingerprint density at radius 3 is 2.11 bits per heavy atom. The first kappa shape index (κ1) is 22.2. The molecule has 1 N–H and O–H groups in total. The van der Waals surface area contributed by atoms with Gasteiger partial charge < -0.3 is 14.4 Å². The molecule has 5 aromatic rings. The monoisotopic (exact) mass is 469 g/mol. The van der Waals surface area contributed by atoms with E-state index in [4.69, 9.17) is 14.7 Å². The van der Waals surface area contributed by atoms with Crippen LogP contribution in [0.1, 0.15) is 11.1 Å². The number of imidazole rings is 1. The van der Waals surface area contributed by atoms with Gasteiger partial charge in [0.1, 0.15) is 18.9 Å². The van der Waals surface area contributed by atoms with Crippen molar-refractivity contribution in [3.63, 3.8) is 0 Å². The molecule has 176 valence electrons. The molecule has 2 heterocycles. The molecule has 2 aromatic heterocycles. The van der Waals surface area contributed by atoms with Crippen molar-refractivity contribution < 1.29 is 19.6 Å². The van der Waals surface area contributed by atoms with Crippen LogP contribution in [-0.4, -0.2) is 19.4 Å². The Morgan fingerprint density at radius 2 is 1.46 bits per heavy atom. The SMILES string of the molecule is Cn1c(=O)n(-c2ccc(OCc3ccccc3)nc2OCc2ccccc2)c2ccc(OO)cc21. The third-order valence-corrected chi connectivity index (χ3v) is 5.64. The fourth-order valence-corrected chi connectivity index (χ4v) is 3.84. The predicted molar refractivity (Wildman–Crippen MR) is 131 cm³/mol. The molecule has 0 aliphatic heterocycles. The number of pyridine rings is 1. The minimum absolute atomic E-state index is 0.230. The third-order valence-electron chi connectivity index (χ3n) is 5.64. The maximum atomic E-state index is 13.2. The van der Waals surface area contributed by atoms with Crippen LogP contribution in [0.3, 0.4) is 0 Å². The Labute approximate surface area is 201 Å². The van der Waals surface area contributed by atoms with Gasteiger partial charge >= 0.3 is 5.69 Å². The van der Waals surface area contributed by atoms with Gasteiger partial charge in [-0.1, -0.05) is 60.7 Å². The number of hydrogen-bond donors (Lipinski definition) is 1. The minimum atomic E-state index is -0.292. The highest BCUT2D eigenvalue weighted by Crippen LogP contribution is 2.29. The van der Waals surface area contributed by atoms with Crippen LogP contribution in [0.15, 0.2) is 95.8 Å². The molecule has 8 heteroatoms. The van der Waals surface area contributed by atoms with E-state index in [-0.39, 0.29) is 23.9 Å². The zero-order chi connectivity index (χ0) is 24.2. The van der Waals surface area contributed by atoms with Gasteiger partial charge in [-0.2, -0.15) is 4.98 Å². The molecule has 0 aliphatic carbocycles. The molecule has 0 radical (unpaired) electrons. The normalized spacial score (nSPS) is 10.9. The number of fused-ring (bicyclic) bond motifs is 1. The zero-order valence-corrected chi connectivity index (χ0v) is 19.0. The number of nitrogens with zero attached hydrogens (tertiary/aromatic N) is 3. The van der Waals surface area contributed by atoms with E-state index in [2.05, 4.69) is 9.87 Å². The smallest absolute Gasteiger partial charge is 0.333 e. The van der Waals surface area contributed by atoms with Crippen LogP contribution >= 0.6 is 0 Å². The fourth-order valence-electron chi connectivity index (χ4n) is 3.84. The van der Waals surface area contributed by atoms with E-state index in [0.717, 1.165) is 11.1 Å². The highest BCUT2D eigenvalue weighted by Gasteiger charge is 2.19. The summed E-state index contributed by atoms with van der Waals surface area (Å²) in [6, 6.07) is 27.8. The number of ether oxygens (including phenoxy) is 2.